The number of likely N-dealkylation sites (N-methyl/N-ethyl adjacent to an activating group) is 1. The molecule has 0 spiro atoms. The summed E-state index contributed by atoms with van der Waals surface area (Å²) in [6.45, 7) is 8.44. The number of anilines is 1. The summed E-state index contributed by atoms with van der Waals surface area (Å²) in [5, 5.41) is 3.37. The summed E-state index contributed by atoms with van der Waals surface area (Å²) in [7, 11) is 3.71. The fourth-order valence-corrected chi connectivity index (χ4v) is 2.35. The highest BCUT2D eigenvalue weighted by atomic mass is 16.5. The van der Waals surface area contributed by atoms with Crippen LogP contribution in [0.5, 0.6) is 5.88 Å². The van der Waals surface area contributed by atoms with Gasteiger partial charge in [-0.3, -0.25) is 4.90 Å². The van der Waals surface area contributed by atoms with E-state index in [4.69, 9.17) is 4.74 Å². The first-order valence-electron chi connectivity index (χ1n) is 6.72. The maximum Gasteiger partial charge on any atom is 0.221 e. The number of nitrogens with zero attached hydrogens (tertiary/aromatic N) is 4. The van der Waals surface area contributed by atoms with Gasteiger partial charge in [0.2, 0.25) is 5.88 Å². The summed E-state index contributed by atoms with van der Waals surface area (Å²) >= 11 is 0. The van der Waals surface area contributed by atoms with Crippen molar-refractivity contribution in [2.75, 3.05) is 58.3 Å². The van der Waals surface area contributed by atoms with Crippen LogP contribution >= 0.6 is 0 Å². The number of piperazine rings is 1. The van der Waals surface area contributed by atoms with E-state index < -0.39 is 0 Å². The Labute approximate surface area is 114 Å². The first-order chi connectivity index (χ1) is 9.22. The topological polar surface area (TPSA) is 53.5 Å². The zero-order valence-electron chi connectivity index (χ0n) is 12.0. The van der Waals surface area contributed by atoms with E-state index >= 15 is 0 Å². The van der Waals surface area contributed by atoms with E-state index in [0.29, 0.717) is 5.88 Å². The number of aromatic nitrogens is 2. The molecule has 2 heterocycles. The zero-order valence-corrected chi connectivity index (χ0v) is 12.0. The molecule has 0 aromatic carbocycles. The van der Waals surface area contributed by atoms with Gasteiger partial charge in [-0.25, -0.2) is 9.97 Å². The highest BCUT2D eigenvalue weighted by Crippen LogP contribution is 2.22. The van der Waals surface area contributed by atoms with E-state index in [9.17, 15) is 0 Å². The second kappa shape index (κ2) is 6.68. The van der Waals surface area contributed by atoms with E-state index in [1.807, 2.05) is 6.92 Å². The number of ether oxygens (including phenoxy) is 1. The number of rotatable bonds is 5. The Bertz CT molecular complexity index is 406. The molecule has 2 rings (SSSR count). The van der Waals surface area contributed by atoms with Crippen LogP contribution in [0.4, 0.5) is 5.82 Å². The van der Waals surface area contributed by atoms with Gasteiger partial charge in [-0.2, -0.15) is 0 Å². The van der Waals surface area contributed by atoms with E-state index in [2.05, 4.69) is 32.1 Å². The third-order valence-corrected chi connectivity index (χ3v) is 3.53. The Morgan fingerprint density at radius 1 is 1.37 bits per heavy atom. The summed E-state index contributed by atoms with van der Waals surface area (Å²) in [5.41, 5.74) is 0.993. The van der Waals surface area contributed by atoms with Crippen molar-refractivity contribution >= 4 is 5.82 Å². The minimum absolute atomic E-state index is 0.652. The van der Waals surface area contributed by atoms with Crippen LogP contribution < -0.4 is 15.0 Å². The Hall–Kier alpha value is -1.40. The molecule has 1 saturated heterocycles. The van der Waals surface area contributed by atoms with Crippen molar-refractivity contribution < 1.29 is 4.74 Å². The molecule has 1 N–H and O–H groups in total. The number of hydrogen-bond acceptors (Lipinski definition) is 6. The van der Waals surface area contributed by atoms with E-state index in [0.717, 1.165) is 50.6 Å². The lowest BCUT2D eigenvalue weighted by molar-refractivity contribution is 0.246. The standard InChI is InChI=1S/C13H23N5O/c1-11-12(15-10-16-13(11)19-3)17(2)8-9-18-6-4-14-5-7-18/h10,14H,4-9H2,1-3H3. The lowest BCUT2D eigenvalue weighted by atomic mass is 10.3. The second-order valence-electron chi connectivity index (χ2n) is 4.84. The first kappa shape index (κ1) is 14.0. The summed E-state index contributed by atoms with van der Waals surface area (Å²) in [5.74, 6) is 1.60. The molecule has 1 aliphatic heterocycles. The van der Waals surface area contributed by atoms with Crippen molar-refractivity contribution in [3.8, 4) is 5.88 Å². The molecular weight excluding hydrogens is 242 g/mol. The Morgan fingerprint density at radius 3 is 2.79 bits per heavy atom. The van der Waals surface area contributed by atoms with Crippen molar-refractivity contribution in [1.82, 2.24) is 20.2 Å². The van der Waals surface area contributed by atoms with Crippen molar-refractivity contribution in [3.05, 3.63) is 11.9 Å². The monoisotopic (exact) mass is 265 g/mol. The highest BCUT2D eigenvalue weighted by molar-refractivity contribution is 5.49. The maximum atomic E-state index is 5.23. The summed E-state index contributed by atoms with van der Waals surface area (Å²) in [6, 6.07) is 0. The van der Waals surface area contributed by atoms with Gasteiger partial charge in [-0.15, -0.1) is 0 Å². The van der Waals surface area contributed by atoms with Crippen LogP contribution in [-0.4, -0.2) is 68.3 Å². The highest BCUT2D eigenvalue weighted by Gasteiger charge is 2.14. The lowest BCUT2D eigenvalue weighted by Crippen LogP contribution is -2.46. The summed E-state index contributed by atoms with van der Waals surface area (Å²) in [4.78, 5) is 13.1. The number of methoxy groups -OCH3 is 1. The first-order valence-corrected chi connectivity index (χ1v) is 6.72. The Morgan fingerprint density at radius 2 is 2.11 bits per heavy atom. The molecule has 0 unspecified atom stereocenters. The van der Waals surface area contributed by atoms with Gasteiger partial charge in [0.15, 0.2) is 0 Å². The molecule has 0 bridgehead atoms. The van der Waals surface area contributed by atoms with Gasteiger partial charge in [0.25, 0.3) is 0 Å². The van der Waals surface area contributed by atoms with Crippen LogP contribution in [0.15, 0.2) is 6.33 Å². The Balaban J connectivity index is 1.93. The van der Waals surface area contributed by atoms with Gasteiger partial charge in [-0.05, 0) is 6.92 Å². The third kappa shape index (κ3) is 3.54. The van der Waals surface area contributed by atoms with E-state index in [1.54, 1.807) is 13.4 Å². The van der Waals surface area contributed by atoms with Crippen LogP contribution in [0.1, 0.15) is 5.56 Å². The minimum Gasteiger partial charge on any atom is -0.481 e. The summed E-state index contributed by atoms with van der Waals surface area (Å²) in [6.07, 6.45) is 1.56. The molecule has 6 nitrogen and oxygen atoms in total. The fraction of sp³-hybridized carbons (Fsp3) is 0.692. The molecule has 106 valence electrons. The SMILES string of the molecule is COc1ncnc(N(C)CCN2CCNCC2)c1C. The molecule has 6 heteroatoms. The molecule has 19 heavy (non-hydrogen) atoms. The van der Waals surface area contributed by atoms with Crippen LogP contribution in [0.3, 0.4) is 0 Å². The van der Waals surface area contributed by atoms with Crippen LogP contribution in [0.25, 0.3) is 0 Å². The maximum absolute atomic E-state index is 5.23. The van der Waals surface area contributed by atoms with Gasteiger partial charge >= 0.3 is 0 Å². The van der Waals surface area contributed by atoms with Crippen LogP contribution in [-0.2, 0) is 0 Å². The van der Waals surface area contributed by atoms with Crippen LogP contribution in [0, 0.1) is 6.92 Å². The molecule has 0 aliphatic carbocycles. The summed E-state index contributed by atoms with van der Waals surface area (Å²) < 4.78 is 5.23. The third-order valence-electron chi connectivity index (χ3n) is 3.53. The van der Waals surface area contributed by atoms with Gasteiger partial charge in [0, 0.05) is 46.3 Å². The number of hydrogen-bond donors (Lipinski definition) is 1. The van der Waals surface area contributed by atoms with Gasteiger partial charge in [-0.1, -0.05) is 0 Å². The van der Waals surface area contributed by atoms with Crippen molar-refractivity contribution in [1.29, 1.82) is 0 Å². The smallest absolute Gasteiger partial charge is 0.221 e. The van der Waals surface area contributed by atoms with Gasteiger partial charge in [0.1, 0.15) is 12.1 Å². The predicted octanol–water partition coefficient (Wildman–Crippen LogP) is 0.135. The number of nitrogens with one attached hydrogen (secondary N) is 1. The zero-order chi connectivity index (χ0) is 13.7. The lowest BCUT2D eigenvalue weighted by Gasteiger charge is -2.29. The second-order valence-corrected chi connectivity index (χ2v) is 4.84. The molecule has 1 aromatic rings. The van der Waals surface area contributed by atoms with E-state index in [-0.39, 0.29) is 0 Å². The Kier molecular flexibility index (Phi) is 4.93. The molecule has 1 aromatic heterocycles. The molecule has 0 radical (unpaired) electrons. The molecular formula is C13H23N5O. The van der Waals surface area contributed by atoms with E-state index in [1.165, 1.54) is 0 Å². The largest absolute Gasteiger partial charge is 0.481 e. The molecule has 0 amide bonds. The average molecular weight is 265 g/mol. The quantitative estimate of drug-likeness (QED) is 0.817. The molecule has 1 fully saturated rings. The van der Waals surface area contributed by atoms with Crippen LogP contribution in [0.2, 0.25) is 0 Å². The molecule has 1 aliphatic rings. The van der Waals surface area contributed by atoms with Gasteiger partial charge in [0.05, 0.1) is 12.7 Å². The average Bonchev–Trinajstić information content (AvgIpc) is 2.46. The van der Waals surface area contributed by atoms with Gasteiger partial charge < -0.3 is 15.0 Å². The van der Waals surface area contributed by atoms with Crippen molar-refractivity contribution in [2.24, 2.45) is 0 Å². The minimum atomic E-state index is 0.652. The molecule has 0 atom stereocenters. The van der Waals surface area contributed by atoms with Crippen molar-refractivity contribution in [2.45, 2.75) is 6.92 Å². The normalized spacial score (nSPS) is 16.4. The predicted molar refractivity (Wildman–Crippen MR) is 75.9 cm³/mol. The fourth-order valence-electron chi connectivity index (χ4n) is 2.35. The molecule has 0 saturated carbocycles. The van der Waals surface area contributed by atoms with Crippen molar-refractivity contribution in [3.63, 3.8) is 0 Å².